The average molecular weight is 386 g/mol. The van der Waals surface area contributed by atoms with Crippen LogP contribution in [0.1, 0.15) is 18.9 Å². The lowest BCUT2D eigenvalue weighted by atomic mass is 10.1. The summed E-state index contributed by atoms with van der Waals surface area (Å²) in [5.74, 6) is 0.0119. The average Bonchev–Trinajstić information content (AvgIpc) is 2.68. The van der Waals surface area contributed by atoms with Gasteiger partial charge >= 0.3 is 0 Å². The van der Waals surface area contributed by atoms with Gasteiger partial charge in [0.25, 0.3) is 5.91 Å². The second-order valence-electron chi connectivity index (χ2n) is 6.69. The normalized spacial score (nSPS) is 15.6. The van der Waals surface area contributed by atoms with E-state index in [0.717, 1.165) is 0 Å². The molecule has 2 aromatic carbocycles. The first-order valence-electron chi connectivity index (χ1n) is 9.04. The third kappa shape index (κ3) is 4.08. The number of carbonyl (C=O) groups excluding carboxylic acids is 2. The molecule has 6 nitrogen and oxygen atoms in total. The van der Waals surface area contributed by atoms with Crippen molar-refractivity contribution >= 4 is 17.5 Å². The van der Waals surface area contributed by atoms with Crippen LogP contribution in [0.3, 0.4) is 0 Å². The van der Waals surface area contributed by atoms with Gasteiger partial charge in [0.05, 0.1) is 12.8 Å². The summed E-state index contributed by atoms with van der Waals surface area (Å²) in [6.45, 7) is 2.21. The van der Waals surface area contributed by atoms with E-state index in [1.165, 1.54) is 24.1 Å². The number of rotatable bonds is 6. The standard InChI is InChI=1S/C21H23FN2O4/c1-14-21(26)24(17-6-4-5-7-19(17)28-14)11-10-20(25)23(2)13-15-8-9-18(27-3)16(22)12-15/h4-9,12,14H,10-11,13H2,1-3H3. The molecule has 0 aromatic heterocycles. The minimum atomic E-state index is -0.593. The van der Waals surface area contributed by atoms with E-state index in [2.05, 4.69) is 0 Å². The van der Waals surface area contributed by atoms with Gasteiger partial charge in [-0.25, -0.2) is 4.39 Å². The van der Waals surface area contributed by atoms with Crippen molar-refractivity contribution < 1.29 is 23.5 Å². The van der Waals surface area contributed by atoms with Crippen molar-refractivity contribution in [1.82, 2.24) is 4.90 Å². The van der Waals surface area contributed by atoms with Gasteiger partial charge in [-0.3, -0.25) is 9.59 Å². The minimum absolute atomic E-state index is 0.138. The first kappa shape index (κ1) is 19.7. The lowest BCUT2D eigenvalue weighted by Crippen LogP contribution is -2.45. The highest BCUT2D eigenvalue weighted by atomic mass is 19.1. The van der Waals surface area contributed by atoms with Crippen LogP contribution in [0.4, 0.5) is 10.1 Å². The zero-order valence-corrected chi connectivity index (χ0v) is 16.1. The fraction of sp³-hybridized carbons (Fsp3) is 0.333. The summed E-state index contributed by atoms with van der Waals surface area (Å²) < 4.78 is 24.3. The molecule has 1 atom stereocenters. The topological polar surface area (TPSA) is 59.1 Å². The molecule has 1 aliphatic heterocycles. The van der Waals surface area contributed by atoms with Crippen LogP contribution in [0.2, 0.25) is 0 Å². The van der Waals surface area contributed by atoms with Gasteiger partial charge in [-0.2, -0.15) is 0 Å². The molecule has 0 aliphatic carbocycles. The summed E-state index contributed by atoms with van der Waals surface area (Å²) >= 11 is 0. The molecule has 0 spiro atoms. The predicted molar refractivity (Wildman–Crippen MR) is 103 cm³/mol. The number of carbonyl (C=O) groups is 2. The van der Waals surface area contributed by atoms with Crippen molar-refractivity contribution in [3.8, 4) is 11.5 Å². The van der Waals surface area contributed by atoms with E-state index in [4.69, 9.17) is 9.47 Å². The van der Waals surface area contributed by atoms with Crippen molar-refractivity contribution in [3.05, 3.63) is 53.8 Å². The summed E-state index contributed by atoms with van der Waals surface area (Å²) in [5, 5.41) is 0. The van der Waals surface area contributed by atoms with Crippen LogP contribution in [-0.2, 0) is 16.1 Å². The molecule has 2 aromatic rings. The van der Waals surface area contributed by atoms with Gasteiger partial charge < -0.3 is 19.3 Å². The van der Waals surface area contributed by atoms with Gasteiger partial charge in [0.2, 0.25) is 5.91 Å². The molecule has 1 heterocycles. The lowest BCUT2D eigenvalue weighted by Gasteiger charge is -2.33. The molecule has 0 saturated carbocycles. The van der Waals surface area contributed by atoms with E-state index in [-0.39, 0.29) is 37.1 Å². The van der Waals surface area contributed by atoms with Crippen molar-refractivity contribution in [2.45, 2.75) is 26.0 Å². The number of para-hydroxylation sites is 2. The van der Waals surface area contributed by atoms with Crippen LogP contribution >= 0.6 is 0 Å². The van der Waals surface area contributed by atoms with Crippen molar-refractivity contribution in [3.63, 3.8) is 0 Å². The maximum Gasteiger partial charge on any atom is 0.267 e. The van der Waals surface area contributed by atoms with E-state index in [1.807, 2.05) is 12.1 Å². The third-order valence-corrected chi connectivity index (χ3v) is 4.68. The van der Waals surface area contributed by atoms with Crippen LogP contribution in [0, 0.1) is 5.82 Å². The van der Waals surface area contributed by atoms with Gasteiger partial charge in [0, 0.05) is 26.6 Å². The monoisotopic (exact) mass is 386 g/mol. The van der Waals surface area contributed by atoms with E-state index < -0.39 is 11.9 Å². The number of nitrogens with zero attached hydrogens (tertiary/aromatic N) is 2. The summed E-state index contributed by atoms with van der Waals surface area (Å²) in [6, 6.07) is 11.9. The molecule has 148 valence electrons. The fourth-order valence-corrected chi connectivity index (χ4v) is 3.16. The Morgan fingerprint density at radius 2 is 2.04 bits per heavy atom. The maximum atomic E-state index is 13.8. The highest BCUT2D eigenvalue weighted by Gasteiger charge is 2.31. The Kier molecular flexibility index (Phi) is 5.82. The Labute approximate surface area is 163 Å². The maximum absolute atomic E-state index is 13.8. The van der Waals surface area contributed by atoms with Gasteiger partial charge in [-0.15, -0.1) is 0 Å². The first-order chi connectivity index (χ1) is 13.4. The van der Waals surface area contributed by atoms with Crippen LogP contribution < -0.4 is 14.4 Å². The number of methoxy groups -OCH3 is 1. The zero-order chi connectivity index (χ0) is 20.3. The Morgan fingerprint density at radius 1 is 1.29 bits per heavy atom. The van der Waals surface area contributed by atoms with Gasteiger partial charge in [-0.1, -0.05) is 18.2 Å². The molecule has 0 saturated heterocycles. The van der Waals surface area contributed by atoms with Crippen LogP contribution in [0.15, 0.2) is 42.5 Å². The Bertz CT molecular complexity index is 886. The molecule has 0 fully saturated rings. The summed E-state index contributed by atoms with van der Waals surface area (Å²) in [4.78, 5) is 28.1. The number of ether oxygens (including phenoxy) is 2. The molecule has 7 heteroatoms. The predicted octanol–water partition coefficient (Wildman–Crippen LogP) is 3.00. The summed E-state index contributed by atoms with van der Waals surface area (Å²) in [5.41, 5.74) is 1.33. The number of hydrogen-bond donors (Lipinski definition) is 0. The second-order valence-corrected chi connectivity index (χ2v) is 6.69. The molecular weight excluding hydrogens is 363 g/mol. The van der Waals surface area contributed by atoms with Crippen molar-refractivity contribution in [1.29, 1.82) is 0 Å². The van der Waals surface area contributed by atoms with Crippen molar-refractivity contribution in [2.24, 2.45) is 0 Å². The fourth-order valence-electron chi connectivity index (χ4n) is 3.16. The highest BCUT2D eigenvalue weighted by molar-refractivity contribution is 6.00. The SMILES string of the molecule is COc1ccc(CN(C)C(=O)CCN2C(=O)C(C)Oc3ccccc32)cc1F. The molecule has 1 unspecified atom stereocenters. The molecule has 28 heavy (non-hydrogen) atoms. The number of benzene rings is 2. The quantitative estimate of drug-likeness (QED) is 0.766. The first-order valence-corrected chi connectivity index (χ1v) is 9.04. The molecular formula is C21H23FN2O4. The Hall–Kier alpha value is -3.09. The highest BCUT2D eigenvalue weighted by Crippen LogP contribution is 2.33. The van der Waals surface area contributed by atoms with E-state index in [0.29, 0.717) is 17.0 Å². The van der Waals surface area contributed by atoms with Crippen LogP contribution in [0.5, 0.6) is 11.5 Å². The van der Waals surface area contributed by atoms with Crippen molar-refractivity contribution in [2.75, 3.05) is 25.6 Å². The van der Waals surface area contributed by atoms with Crippen LogP contribution in [0.25, 0.3) is 0 Å². The molecule has 0 N–H and O–H groups in total. The molecule has 3 rings (SSSR count). The van der Waals surface area contributed by atoms with Crippen LogP contribution in [-0.4, -0.2) is 43.5 Å². The third-order valence-electron chi connectivity index (χ3n) is 4.68. The molecule has 0 radical (unpaired) electrons. The van der Waals surface area contributed by atoms with Gasteiger partial charge in [-0.05, 0) is 36.8 Å². The summed E-state index contributed by atoms with van der Waals surface area (Å²) in [7, 11) is 3.06. The Balaban J connectivity index is 1.63. The number of hydrogen-bond acceptors (Lipinski definition) is 4. The molecule has 2 amide bonds. The summed E-state index contributed by atoms with van der Waals surface area (Å²) in [6.07, 6.45) is -0.438. The van der Waals surface area contributed by atoms with Gasteiger partial charge in [0.15, 0.2) is 17.7 Å². The second kappa shape index (κ2) is 8.29. The Morgan fingerprint density at radius 3 is 2.75 bits per heavy atom. The van der Waals surface area contributed by atoms with E-state index in [9.17, 15) is 14.0 Å². The lowest BCUT2D eigenvalue weighted by molar-refractivity contribution is -0.130. The smallest absolute Gasteiger partial charge is 0.267 e. The number of fused-ring (bicyclic) bond motifs is 1. The zero-order valence-electron chi connectivity index (χ0n) is 16.1. The number of amides is 2. The largest absolute Gasteiger partial charge is 0.494 e. The molecule has 1 aliphatic rings. The van der Waals surface area contributed by atoms with E-state index >= 15 is 0 Å². The minimum Gasteiger partial charge on any atom is -0.494 e. The molecule has 0 bridgehead atoms. The van der Waals surface area contributed by atoms with E-state index in [1.54, 1.807) is 37.1 Å². The number of anilines is 1. The number of halogens is 1. The van der Waals surface area contributed by atoms with Gasteiger partial charge in [0.1, 0.15) is 5.75 Å².